The van der Waals surface area contributed by atoms with Crippen LogP contribution in [0.2, 0.25) is 0 Å². The number of ether oxygens (including phenoxy) is 1. The van der Waals surface area contributed by atoms with Gasteiger partial charge in [0, 0.05) is 18.9 Å². The van der Waals surface area contributed by atoms with E-state index in [2.05, 4.69) is 16.4 Å². The summed E-state index contributed by atoms with van der Waals surface area (Å²) in [5, 5.41) is 3.30. The largest absolute Gasteiger partial charge is 0.380 e. The summed E-state index contributed by atoms with van der Waals surface area (Å²) in [4.78, 5) is 4.04. The van der Waals surface area contributed by atoms with Crippen LogP contribution in [0.3, 0.4) is 0 Å². The molecule has 0 aliphatic carbocycles. The normalized spacial score (nSPS) is 16.1. The molecule has 74 valence electrons. The van der Waals surface area contributed by atoms with Crippen molar-refractivity contribution in [3.63, 3.8) is 0 Å². The number of nitrogens with zero attached hydrogens (tertiary/aromatic N) is 1. The van der Waals surface area contributed by atoms with Gasteiger partial charge in [0.25, 0.3) is 0 Å². The lowest BCUT2D eigenvalue weighted by Gasteiger charge is -2.14. The van der Waals surface area contributed by atoms with Gasteiger partial charge in [-0.1, -0.05) is 6.08 Å². The molecule has 0 saturated heterocycles. The van der Waals surface area contributed by atoms with Crippen LogP contribution in [-0.4, -0.2) is 24.7 Å². The van der Waals surface area contributed by atoms with Crippen molar-refractivity contribution in [3.05, 3.63) is 36.2 Å². The van der Waals surface area contributed by atoms with Crippen molar-refractivity contribution in [1.29, 1.82) is 0 Å². The molecule has 2 rings (SSSR count). The molecule has 0 fully saturated rings. The molecule has 0 amide bonds. The monoisotopic (exact) mass is 190 g/mol. The SMILES string of the molecule is C1=C(CNc2cccnc2)COCC1. The second-order valence-electron chi connectivity index (χ2n) is 3.30. The highest BCUT2D eigenvalue weighted by atomic mass is 16.5. The highest BCUT2D eigenvalue weighted by Gasteiger charge is 2.02. The van der Waals surface area contributed by atoms with Gasteiger partial charge < -0.3 is 10.1 Å². The Hall–Kier alpha value is -1.35. The number of pyridine rings is 1. The lowest BCUT2D eigenvalue weighted by molar-refractivity contribution is 0.150. The van der Waals surface area contributed by atoms with E-state index < -0.39 is 0 Å². The van der Waals surface area contributed by atoms with Crippen molar-refractivity contribution < 1.29 is 4.74 Å². The molecule has 0 spiro atoms. The maximum Gasteiger partial charge on any atom is 0.0693 e. The maximum atomic E-state index is 5.35. The molecule has 1 aliphatic heterocycles. The van der Waals surface area contributed by atoms with E-state index in [1.165, 1.54) is 5.57 Å². The molecule has 2 heterocycles. The quantitative estimate of drug-likeness (QED) is 0.738. The van der Waals surface area contributed by atoms with Gasteiger partial charge in [0.15, 0.2) is 0 Å². The van der Waals surface area contributed by atoms with Crippen molar-refractivity contribution in [2.45, 2.75) is 6.42 Å². The summed E-state index contributed by atoms with van der Waals surface area (Å²) in [6, 6.07) is 3.94. The van der Waals surface area contributed by atoms with Crippen molar-refractivity contribution in [2.75, 3.05) is 25.1 Å². The summed E-state index contributed by atoms with van der Waals surface area (Å²) in [5.74, 6) is 0. The second-order valence-corrected chi connectivity index (χ2v) is 3.30. The van der Waals surface area contributed by atoms with E-state index in [-0.39, 0.29) is 0 Å². The smallest absolute Gasteiger partial charge is 0.0693 e. The van der Waals surface area contributed by atoms with E-state index in [0.717, 1.165) is 31.9 Å². The van der Waals surface area contributed by atoms with Gasteiger partial charge >= 0.3 is 0 Å². The molecule has 0 aromatic carbocycles. The van der Waals surface area contributed by atoms with Crippen LogP contribution in [0.15, 0.2) is 36.2 Å². The van der Waals surface area contributed by atoms with Gasteiger partial charge in [-0.25, -0.2) is 0 Å². The van der Waals surface area contributed by atoms with Crippen LogP contribution in [0.5, 0.6) is 0 Å². The zero-order valence-electron chi connectivity index (χ0n) is 8.07. The maximum absolute atomic E-state index is 5.35. The molecule has 14 heavy (non-hydrogen) atoms. The van der Waals surface area contributed by atoms with Crippen molar-refractivity contribution in [1.82, 2.24) is 4.98 Å². The zero-order valence-corrected chi connectivity index (χ0v) is 8.07. The number of rotatable bonds is 3. The zero-order chi connectivity index (χ0) is 9.64. The van der Waals surface area contributed by atoms with Crippen LogP contribution < -0.4 is 5.32 Å². The van der Waals surface area contributed by atoms with Gasteiger partial charge in [-0.15, -0.1) is 0 Å². The minimum Gasteiger partial charge on any atom is -0.380 e. The molecule has 0 unspecified atom stereocenters. The fourth-order valence-electron chi connectivity index (χ4n) is 1.41. The lowest BCUT2D eigenvalue weighted by atomic mass is 10.2. The standard InChI is InChI=1S/C11H14N2O/c1-4-11(8-12-5-1)13-7-10-3-2-6-14-9-10/h1,3-5,8,13H,2,6-7,9H2. The van der Waals surface area contributed by atoms with Gasteiger partial charge in [0.05, 0.1) is 18.9 Å². The van der Waals surface area contributed by atoms with Crippen molar-refractivity contribution in [3.8, 4) is 0 Å². The first-order valence-electron chi connectivity index (χ1n) is 4.85. The first-order valence-corrected chi connectivity index (χ1v) is 4.85. The number of aromatic nitrogens is 1. The molecule has 0 bridgehead atoms. The average Bonchev–Trinajstić information content (AvgIpc) is 2.29. The highest BCUT2D eigenvalue weighted by molar-refractivity contribution is 5.41. The molecule has 1 aliphatic rings. The topological polar surface area (TPSA) is 34.2 Å². The molecular formula is C11H14N2O. The summed E-state index contributed by atoms with van der Waals surface area (Å²) in [6.45, 7) is 2.47. The van der Waals surface area contributed by atoms with Gasteiger partial charge in [-0.3, -0.25) is 4.98 Å². The van der Waals surface area contributed by atoms with Crippen LogP contribution in [0.4, 0.5) is 5.69 Å². The summed E-state index contributed by atoms with van der Waals surface area (Å²) in [6.07, 6.45) is 6.87. The van der Waals surface area contributed by atoms with Gasteiger partial charge in [-0.2, -0.15) is 0 Å². The lowest BCUT2D eigenvalue weighted by Crippen LogP contribution is -2.13. The van der Waals surface area contributed by atoms with Crippen LogP contribution in [0, 0.1) is 0 Å². The van der Waals surface area contributed by atoms with E-state index in [9.17, 15) is 0 Å². The third kappa shape index (κ3) is 2.57. The molecule has 0 radical (unpaired) electrons. The third-order valence-corrected chi connectivity index (χ3v) is 2.16. The van der Waals surface area contributed by atoms with E-state index in [4.69, 9.17) is 4.74 Å². The van der Waals surface area contributed by atoms with Gasteiger partial charge in [0.1, 0.15) is 0 Å². The fraction of sp³-hybridized carbons (Fsp3) is 0.364. The number of anilines is 1. The first-order chi connectivity index (χ1) is 6.95. The Bertz CT molecular complexity index is 308. The minimum absolute atomic E-state index is 0.757. The number of hydrogen-bond acceptors (Lipinski definition) is 3. The van der Waals surface area contributed by atoms with Crippen molar-refractivity contribution in [2.24, 2.45) is 0 Å². The second kappa shape index (κ2) is 4.77. The molecule has 1 aromatic heterocycles. The minimum atomic E-state index is 0.757. The molecule has 0 saturated carbocycles. The Labute approximate surface area is 83.8 Å². The van der Waals surface area contributed by atoms with E-state index >= 15 is 0 Å². The van der Waals surface area contributed by atoms with Crippen LogP contribution in [-0.2, 0) is 4.74 Å². The molecular weight excluding hydrogens is 176 g/mol. The molecule has 1 aromatic rings. The third-order valence-electron chi connectivity index (χ3n) is 2.16. The van der Waals surface area contributed by atoms with Gasteiger partial charge in [-0.05, 0) is 24.1 Å². The predicted octanol–water partition coefficient (Wildman–Crippen LogP) is 1.84. The van der Waals surface area contributed by atoms with Crippen LogP contribution >= 0.6 is 0 Å². The Morgan fingerprint density at radius 3 is 3.21 bits per heavy atom. The van der Waals surface area contributed by atoms with E-state index in [1.54, 1.807) is 6.20 Å². The molecule has 0 atom stereocenters. The predicted molar refractivity (Wildman–Crippen MR) is 56.2 cm³/mol. The summed E-state index contributed by atoms with van der Waals surface area (Å²) in [5.41, 5.74) is 2.37. The summed E-state index contributed by atoms with van der Waals surface area (Å²) >= 11 is 0. The fourth-order valence-corrected chi connectivity index (χ4v) is 1.41. The molecule has 3 heteroatoms. The molecule has 3 nitrogen and oxygen atoms in total. The Morgan fingerprint density at radius 1 is 1.50 bits per heavy atom. The summed E-state index contributed by atoms with van der Waals surface area (Å²) in [7, 11) is 0. The Balaban J connectivity index is 1.85. The highest BCUT2D eigenvalue weighted by Crippen LogP contribution is 2.08. The average molecular weight is 190 g/mol. The van der Waals surface area contributed by atoms with Crippen molar-refractivity contribution >= 4 is 5.69 Å². The summed E-state index contributed by atoms with van der Waals surface area (Å²) < 4.78 is 5.35. The first kappa shape index (κ1) is 9.21. The van der Waals surface area contributed by atoms with Crippen LogP contribution in [0.25, 0.3) is 0 Å². The van der Waals surface area contributed by atoms with Crippen LogP contribution in [0.1, 0.15) is 6.42 Å². The Kier molecular flexibility index (Phi) is 3.14. The number of nitrogens with one attached hydrogen (secondary N) is 1. The van der Waals surface area contributed by atoms with E-state index in [0.29, 0.717) is 0 Å². The number of hydrogen-bond donors (Lipinski definition) is 1. The molecule has 1 N–H and O–H groups in total. The van der Waals surface area contributed by atoms with E-state index in [1.807, 2.05) is 18.3 Å². The Morgan fingerprint density at radius 2 is 2.50 bits per heavy atom. The van der Waals surface area contributed by atoms with Gasteiger partial charge in [0.2, 0.25) is 0 Å².